The van der Waals surface area contributed by atoms with Crippen LogP contribution in [0.25, 0.3) is 0 Å². The summed E-state index contributed by atoms with van der Waals surface area (Å²) in [6.45, 7) is 0. The summed E-state index contributed by atoms with van der Waals surface area (Å²) in [5.41, 5.74) is 0. The number of rotatable bonds is 5. The molecular weight excluding hydrogens is 306 g/mol. The Labute approximate surface area is 111 Å². The fourth-order valence-electron chi connectivity index (χ4n) is 1.52. The van der Waals surface area contributed by atoms with Gasteiger partial charge in [0.05, 0.1) is 42.2 Å². The Morgan fingerprint density at radius 3 is 2.50 bits per heavy atom. The highest BCUT2D eigenvalue weighted by Gasteiger charge is 2.38. The van der Waals surface area contributed by atoms with Crippen molar-refractivity contribution in [1.29, 1.82) is 0 Å². The first-order chi connectivity index (χ1) is 8.15. The van der Waals surface area contributed by atoms with Gasteiger partial charge in [-0.05, 0) is 0 Å². The van der Waals surface area contributed by atoms with Crippen molar-refractivity contribution in [2.45, 2.75) is 17.8 Å². The predicted molar refractivity (Wildman–Crippen MR) is 65.6 cm³/mol. The first-order valence-electron chi connectivity index (χ1n) is 5.06. The molecule has 106 valence electrons. The molecule has 7 nitrogen and oxygen atoms in total. The van der Waals surface area contributed by atoms with Gasteiger partial charge in [-0.1, -0.05) is 0 Å². The largest absolute Gasteiger partial charge is 0.469 e. The first-order valence-corrected chi connectivity index (χ1v) is 8.97. The molecule has 1 aliphatic rings. The van der Waals surface area contributed by atoms with Crippen LogP contribution >= 0.6 is 11.6 Å². The molecule has 1 N–H and O–H groups in total. The van der Waals surface area contributed by atoms with Gasteiger partial charge in [-0.15, -0.1) is 11.6 Å². The van der Waals surface area contributed by atoms with E-state index in [9.17, 15) is 21.6 Å². The molecular formula is C8H14ClNO6S2. The van der Waals surface area contributed by atoms with Crippen LogP contribution in [0.3, 0.4) is 0 Å². The SMILES string of the molecule is COC(=O)CCS(=O)(=O)NC1CS(=O)(=O)CC1Cl. The van der Waals surface area contributed by atoms with E-state index >= 15 is 0 Å². The molecule has 2 atom stereocenters. The Bertz CT molecular complexity index is 514. The Morgan fingerprint density at radius 1 is 1.44 bits per heavy atom. The molecule has 1 heterocycles. The number of carbonyl (C=O) groups is 1. The zero-order valence-electron chi connectivity index (χ0n) is 9.63. The smallest absolute Gasteiger partial charge is 0.306 e. The molecule has 10 heteroatoms. The van der Waals surface area contributed by atoms with Gasteiger partial charge in [-0.2, -0.15) is 0 Å². The van der Waals surface area contributed by atoms with Crippen LogP contribution in [0.1, 0.15) is 6.42 Å². The van der Waals surface area contributed by atoms with Gasteiger partial charge in [0.1, 0.15) is 0 Å². The van der Waals surface area contributed by atoms with Crippen molar-refractivity contribution in [1.82, 2.24) is 4.72 Å². The molecule has 1 saturated heterocycles. The Morgan fingerprint density at radius 2 is 2.06 bits per heavy atom. The van der Waals surface area contributed by atoms with Gasteiger partial charge in [0.15, 0.2) is 9.84 Å². The topological polar surface area (TPSA) is 107 Å². The van der Waals surface area contributed by atoms with Crippen LogP contribution in [-0.4, -0.2) is 58.6 Å². The Hall–Kier alpha value is -0.380. The van der Waals surface area contributed by atoms with Crippen molar-refractivity contribution >= 4 is 37.4 Å². The number of nitrogens with one attached hydrogen (secondary N) is 1. The molecule has 18 heavy (non-hydrogen) atoms. The van der Waals surface area contributed by atoms with Crippen LogP contribution in [0, 0.1) is 0 Å². The summed E-state index contributed by atoms with van der Waals surface area (Å²) in [6.07, 6.45) is -0.293. The van der Waals surface area contributed by atoms with Crippen LogP contribution in [0.15, 0.2) is 0 Å². The lowest BCUT2D eigenvalue weighted by atomic mass is 10.3. The lowest BCUT2D eigenvalue weighted by Crippen LogP contribution is -2.42. The predicted octanol–water partition coefficient (Wildman–Crippen LogP) is -1.13. The summed E-state index contributed by atoms with van der Waals surface area (Å²) >= 11 is 5.76. The summed E-state index contributed by atoms with van der Waals surface area (Å²) in [5, 5.41) is -0.789. The van der Waals surface area contributed by atoms with E-state index in [-0.39, 0.29) is 17.9 Å². The highest BCUT2D eigenvalue weighted by molar-refractivity contribution is 7.92. The number of hydrogen-bond donors (Lipinski definition) is 1. The van der Waals surface area contributed by atoms with Crippen molar-refractivity contribution in [3.63, 3.8) is 0 Å². The minimum Gasteiger partial charge on any atom is -0.469 e. The summed E-state index contributed by atoms with van der Waals surface area (Å²) in [7, 11) is -5.90. The molecule has 0 bridgehead atoms. The van der Waals surface area contributed by atoms with E-state index in [1.807, 2.05) is 0 Å². The molecule has 0 aromatic rings. The van der Waals surface area contributed by atoms with Gasteiger partial charge >= 0.3 is 5.97 Å². The number of carbonyl (C=O) groups excluding carboxylic acids is 1. The number of ether oxygens (including phenoxy) is 1. The van der Waals surface area contributed by atoms with Crippen molar-refractivity contribution in [2.75, 3.05) is 24.4 Å². The van der Waals surface area contributed by atoms with Gasteiger partial charge in [0.2, 0.25) is 10.0 Å². The third-order valence-electron chi connectivity index (χ3n) is 2.42. The van der Waals surface area contributed by atoms with E-state index in [2.05, 4.69) is 9.46 Å². The van der Waals surface area contributed by atoms with Crippen LogP contribution in [0.5, 0.6) is 0 Å². The molecule has 1 rings (SSSR count). The molecule has 0 radical (unpaired) electrons. The monoisotopic (exact) mass is 319 g/mol. The highest BCUT2D eigenvalue weighted by Crippen LogP contribution is 2.18. The fraction of sp³-hybridized carbons (Fsp3) is 0.875. The minimum absolute atomic E-state index is 0.251. The van der Waals surface area contributed by atoms with Crippen molar-refractivity contribution < 1.29 is 26.4 Å². The van der Waals surface area contributed by atoms with Gasteiger partial charge in [0.25, 0.3) is 0 Å². The third kappa shape index (κ3) is 4.71. The second kappa shape index (κ2) is 5.72. The molecule has 1 fully saturated rings. The van der Waals surface area contributed by atoms with E-state index in [1.165, 1.54) is 0 Å². The highest BCUT2D eigenvalue weighted by atomic mass is 35.5. The number of sulfonamides is 1. The maximum Gasteiger partial charge on any atom is 0.306 e. The van der Waals surface area contributed by atoms with Crippen LogP contribution in [-0.2, 0) is 29.4 Å². The van der Waals surface area contributed by atoms with E-state index < -0.39 is 43.0 Å². The fourth-order valence-corrected chi connectivity index (χ4v) is 5.51. The Kier molecular flexibility index (Phi) is 4.98. The maximum absolute atomic E-state index is 11.6. The average molecular weight is 320 g/mol. The van der Waals surface area contributed by atoms with Crippen molar-refractivity contribution in [3.8, 4) is 0 Å². The zero-order valence-corrected chi connectivity index (χ0v) is 12.0. The average Bonchev–Trinajstić information content (AvgIpc) is 2.47. The molecule has 0 aromatic heterocycles. The normalized spacial score (nSPS) is 27.0. The number of halogens is 1. The van der Waals surface area contributed by atoms with Gasteiger partial charge in [-0.25, -0.2) is 21.6 Å². The van der Waals surface area contributed by atoms with Gasteiger partial charge in [-0.3, -0.25) is 4.79 Å². The summed E-state index contributed by atoms with van der Waals surface area (Å²) in [4.78, 5) is 10.8. The zero-order chi connectivity index (χ0) is 14.0. The van der Waals surface area contributed by atoms with E-state index in [0.29, 0.717) is 0 Å². The summed E-state index contributed by atoms with van der Waals surface area (Å²) in [6, 6.07) is -0.848. The summed E-state index contributed by atoms with van der Waals surface area (Å²) < 4.78 is 52.2. The molecule has 0 aromatic carbocycles. The number of alkyl halides is 1. The summed E-state index contributed by atoms with van der Waals surface area (Å²) in [5.74, 6) is -1.68. The number of methoxy groups -OCH3 is 1. The lowest BCUT2D eigenvalue weighted by molar-refractivity contribution is -0.140. The third-order valence-corrected chi connectivity index (χ3v) is 6.20. The van der Waals surface area contributed by atoms with Crippen molar-refractivity contribution in [3.05, 3.63) is 0 Å². The molecule has 0 aliphatic carbocycles. The lowest BCUT2D eigenvalue weighted by Gasteiger charge is -2.14. The molecule has 0 spiro atoms. The second-order valence-electron chi connectivity index (χ2n) is 3.96. The second-order valence-corrected chi connectivity index (χ2v) is 8.55. The number of hydrogen-bond acceptors (Lipinski definition) is 6. The van der Waals surface area contributed by atoms with E-state index in [4.69, 9.17) is 11.6 Å². The van der Waals surface area contributed by atoms with E-state index in [1.54, 1.807) is 0 Å². The standard InChI is InChI=1S/C8H14ClNO6S2/c1-16-8(11)2-3-18(14,15)10-7-5-17(12,13)4-6(7)9/h6-7,10H,2-5H2,1H3. The number of sulfone groups is 1. The number of esters is 1. The Balaban J connectivity index is 2.59. The van der Waals surface area contributed by atoms with Crippen LogP contribution in [0.4, 0.5) is 0 Å². The molecule has 0 amide bonds. The van der Waals surface area contributed by atoms with Gasteiger partial charge in [0, 0.05) is 0 Å². The quantitative estimate of drug-likeness (QED) is 0.508. The van der Waals surface area contributed by atoms with Crippen LogP contribution < -0.4 is 4.72 Å². The van der Waals surface area contributed by atoms with E-state index in [0.717, 1.165) is 7.11 Å². The molecule has 0 saturated carbocycles. The maximum atomic E-state index is 11.6. The van der Waals surface area contributed by atoms with Crippen molar-refractivity contribution in [2.24, 2.45) is 0 Å². The van der Waals surface area contributed by atoms with Crippen LogP contribution in [0.2, 0.25) is 0 Å². The molecule has 2 unspecified atom stereocenters. The first kappa shape index (κ1) is 15.7. The minimum atomic E-state index is -3.75. The van der Waals surface area contributed by atoms with Gasteiger partial charge < -0.3 is 4.74 Å². The molecule has 1 aliphatic heterocycles.